The van der Waals surface area contributed by atoms with Crippen molar-refractivity contribution in [2.45, 2.75) is 20.0 Å². The van der Waals surface area contributed by atoms with E-state index in [9.17, 15) is 9.90 Å². The molecule has 3 nitrogen and oxygen atoms in total. The van der Waals surface area contributed by atoms with Gasteiger partial charge in [-0.2, -0.15) is 0 Å². The molecule has 1 aromatic rings. The van der Waals surface area contributed by atoms with Crippen LogP contribution in [0.4, 0.5) is 0 Å². The molecular formula is C12H12O3. The summed E-state index contributed by atoms with van der Waals surface area (Å²) in [5.41, 5.74) is 3.05. The summed E-state index contributed by atoms with van der Waals surface area (Å²) < 4.78 is 4.92. The van der Waals surface area contributed by atoms with Crippen molar-refractivity contribution in [1.82, 2.24) is 0 Å². The number of esters is 1. The Kier molecular flexibility index (Phi) is 2.23. The molecule has 78 valence electrons. The fraction of sp³-hybridized carbons (Fsp3) is 0.250. The van der Waals surface area contributed by atoms with Crippen molar-refractivity contribution >= 4 is 5.97 Å². The predicted molar refractivity (Wildman–Crippen MR) is 55.7 cm³/mol. The molecule has 1 N–H and O–H groups in total. The molecule has 0 aromatic heterocycles. The van der Waals surface area contributed by atoms with Gasteiger partial charge in [0.15, 0.2) is 0 Å². The van der Waals surface area contributed by atoms with Gasteiger partial charge in [-0.3, -0.25) is 0 Å². The topological polar surface area (TPSA) is 46.5 Å². The van der Waals surface area contributed by atoms with Gasteiger partial charge in [0.2, 0.25) is 0 Å². The molecule has 1 heterocycles. The molecule has 2 rings (SSSR count). The van der Waals surface area contributed by atoms with Crippen LogP contribution in [0.5, 0.6) is 5.75 Å². The van der Waals surface area contributed by atoms with Gasteiger partial charge >= 0.3 is 5.97 Å². The normalized spacial score (nSPS) is 13.5. The van der Waals surface area contributed by atoms with Crippen molar-refractivity contribution in [3.63, 3.8) is 0 Å². The number of cyclic esters (lactones) is 1. The van der Waals surface area contributed by atoms with Gasteiger partial charge in [-0.1, -0.05) is 12.2 Å². The molecule has 0 saturated heterocycles. The fourth-order valence-electron chi connectivity index (χ4n) is 1.75. The molecule has 3 heteroatoms. The zero-order valence-electron chi connectivity index (χ0n) is 8.54. The Hall–Kier alpha value is -1.77. The molecule has 0 unspecified atom stereocenters. The minimum Gasteiger partial charge on any atom is -0.508 e. The molecule has 0 spiro atoms. The van der Waals surface area contributed by atoms with E-state index in [-0.39, 0.29) is 18.3 Å². The highest BCUT2D eigenvalue weighted by Gasteiger charge is 2.25. The third-order valence-corrected chi connectivity index (χ3v) is 2.45. The quantitative estimate of drug-likeness (QED) is 0.593. The third-order valence-electron chi connectivity index (χ3n) is 2.45. The molecule has 15 heavy (non-hydrogen) atoms. The van der Waals surface area contributed by atoms with Crippen LogP contribution in [0.2, 0.25) is 0 Å². The fourth-order valence-corrected chi connectivity index (χ4v) is 1.75. The highest BCUT2D eigenvalue weighted by atomic mass is 16.5. The maximum atomic E-state index is 11.3. The van der Waals surface area contributed by atoms with Gasteiger partial charge in [-0.25, -0.2) is 4.79 Å². The summed E-state index contributed by atoms with van der Waals surface area (Å²) in [5.74, 6) is -0.108. The van der Waals surface area contributed by atoms with Crippen molar-refractivity contribution in [3.05, 3.63) is 41.0 Å². The van der Waals surface area contributed by atoms with E-state index in [4.69, 9.17) is 4.74 Å². The average Bonchev–Trinajstić information content (AvgIpc) is 2.52. The van der Waals surface area contributed by atoms with E-state index in [0.717, 1.165) is 16.7 Å². The Balaban J connectivity index is 2.53. The van der Waals surface area contributed by atoms with Gasteiger partial charge in [-0.05, 0) is 25.5 Å². The van der Waals surface area contributed by atoms with Crippen LogP contribution >= 0.6 is 0 Å². The first-order valence-corrected chi connectivity index (χ1v) is 4.75. The highest BCUT2D eigenvalue weighted by molar-refractivity contribution is 5.94. The number of hydrogen-bond donors (Lipinski definition) is 1. The van der Waals surface area contributed by atoms with Crippen molar-refractivity contribution in [2.75, 3.05) is 0 Å². The first kappa shape index (κ1) is 9.77. The van der Waals surface area contributed by atoms with Crippen LogP contribution in [0.25, 0.3) is 0 Å². The standard InChI is InChI=1S/C12H12O3/c1-7(2)5-9-10-6-15-12(14)8(10)3-4-11(9)13/h3-4,13H,1,5-6H2,2H3. The van der Waals surface area contributed by atoms with E-state index in [1.54, 1.807) is 6.07 Å². The number of carbonyl (C=O) groups excluding carboxylic acids is 1. The summed E-state index contributed by atoms with van der Waals surface area (Å²) in [5, 5.41) is 9.70. The van der Waals surface area contributed by atoms with Crippen LogP contribution < -0.4 is 0 Å². The number of carbonyl (C=O) groups is 1. The molecule has 0 atom stereocenters. The molecule has 0 amide bonds. The number of benzene rings is 1. The first-order chi connectivity index (χ1) is 7.09. The van der Waals surface area contributed by atoms with Gasteiger partial charge in [0.25, 0.3) is 0 Å². The van der Waals surface area contributed by atoms with E-state index in [1.165, 1.54) is 6.07 Å². The SMILES string of the molecule is C=C(C)Cc1c(O)ccc2c1COC2=O. The molecule has 0 radical (unpaired) electrons. The average molecular weight is 204 g/mol. The summed E-state index contributed by atoms with van der Waals surface area (Å²) in [7, 11) is 0. The van der Waals surface area contributed by atoms with Crippen LogP contribution in [-0.4, -0.2) is 11.1 Å². The van der Waals surface area contributed by atoms with Crippen molar-refractivity contribution in [1.29, 1.82) is 0 Å². The molecular weight excluding hydrogens is 192 g/mol. The van der Waals surface area contributed by atoms with Crippen molar-refractivity contribution < 1.29 is 14.6 Å². The van der Waals surface area contributed by atoms with E-state index in [0.29, 0.717) is 12.0 Å². The Morgan fingerprint density at radius 1 is 1.60 bits per heavy atom. The van der Waals surface area contributed by atoms with E-state index >= 15 is 0 Å². The lowest BCUT2D eigenvalue weighted by Gasteiger charge is -2.08. The minimum atomic E-state index is -0.312. The van der Waals surface area contributed by atoms with Crippen LogP contribution in [0.1, 0.15) is 28.4 Å². The Bertz CT molecular complexity index is 446. The second-order valence-electron chi connectivity index (χ2n) is 3.80. The molecule has 0 bridgehead atoms. The summed E-state index contributed by atoms with van der Waals surface area (Å²) in [6.07, 6.45) is 0.575. The zero-order valence-corrected chi connectivity index (χ0v) is 8.54. The smallest absolute Gasteiger partial charge is 0.338 e. The van der Waals surface area contributed by atoms with Gasteiger partial charge in [-0.15, -0.1) is 0 Å². The van der Waals surface area contributed by atoms with Gasteiger partial charge < -0.3 is 9.84 Å². The third kappa shape index (κ3) is 1.61. The van der Waals surface area contributed by atoms with Crippen molar-refractivity contribution in [3.8, 4) is 5.75 Å². The van der Waals surface area contributed by atoms with Gasteiger partial charge in [0.1, 0.15) is 12.4 Å². The first-order valence-electron chi connectivity index (χ1n) is 4.75. The Morgan fingerprint density at radius 3 is 3.00 bits per heavy atom. The summed E-state index contributed by atoms with van der Waals surface area (Å²) in [6, 6.07) is 3.13. The number of phenolic OH excluding ortho intramolecular Hbond substituents is 1. The van der Waals surface area contributed by atoms with Gasteiger partial charge in [0.05, 0.1) is 5.56 Å². The lowest BCUT2D eigenvalue weighted by molar-refractivity contribution is 0.0534. The summed E-state index contributed by atoms with van der Waals surface area (Å²) in [4.78, 5) is 11.3. The monoisotopic (exact) mass is 204 g/mol. The number of aromatic hydroxyl groups is 1. The summed E-state index contributed by atoms with van der Waals surface area (Å²) in [6.45, 7) is 5.94. The molecule has 0 fully saturated rings. The molecule has 0 saturated carbocycles. The maximum Gasteiger partial charge on any atom is 0.338 e. The molecule has 1 aliphatic rings. The molecule has 1 aromatic carbocycles. The predicted octanol–water partition coefficient (Wildman–Crippen LogP) is 2.18. The Morgan fingerprint density at radius 2 is 2.33 bits per heavy atom. The number of ether oxygens (including phenoxy) is 1. The number of rotatable bonds is 2. The number of hydrogen-bond acceptors (Lipinski definition) is 3. The minimum absolute atomic E-state index is 0.204. The number of fused-ring (bicyclic) bond motifs is 1. The maximum absolute atomic E-state index is 11.3. The lowest BCUT2D eigenvalue weighted by atomic mass is 9.97. The van der Waals surface area contributed by atoms with Crippen LogP contribution in [0.15, 0.2) is 24.3 Å². The summed E-state index contributed by atoms with van der Waals surface area (Å²) >= 11 is 0. The molecule has 1 aliphatic heterocycles. The number of allylic oxidation sites excluding steroid dienone is 1. The molecule has 0 aliphatic carbocycles. The second-order valence-corrected chi connectivity index (χ2v) is 3.80. The largest absolute Gasteiger partial charge is 0.508 e. The van der Waals surface area contributed by atoms with E-state index < -0.39 is 0 Å². The second kappa shape index (κ2) is 3.42. The van der Waals surface area contributed by atoms with E-state index in [2.05, 4.69) is 6.58 Å². The number of phenols is 1. The highest BCUT2D eigenvalue weighted by Crippen LogP contribution is 2.31. The lowest BCUT2D eigenvalue weighted by Crippen LogP contribution is -1.97. The van der Waals surface area contributed by atoms with Crippen LogP contribution in [0, 0.1) is 0 Å². The zero-order chi connectivity index (χ0) is 11.0. The van der Waals surface area contributed by atoms with Crippen LogP contribution in [-0.2, 0) is 17.8 Å². The van der Waals surface area contributed by atoms with Crippen molar-refractivity contribution in [2.24, 2.45) is 0 Å². The van der Waals surface area contributed by atoms with Gasteiger partial charge in [0, 0.05) is 11.1 Å². The Labute approximate surface area is 88.0 Å². The van der Waals surface area contributed by atoms with Crippen LogP contribution in [0.3, 0.4) is 0 Å². The van der Waals surface area contributed by atoms with E-state index in [1.807, 2.05) is 6.92 Å².